The lowest BCUT2D eigenvalue weighted by atomic mass is 9.95. The Morgan fingerprint density at radius 1 is 1.08 bits per heavy atom. The van der Waals surface area contributed by atoms with Gasteiger partial charge in [0.15, 0.2) is 0 Å². The zero-order valence-corrected chi connectivity index (χ0v) is 13.4. The van der Waals surface area contributed by atoms with Crippen LogP contribution in [0.5, 0.6) is 0 Å². The first-order chi connectivity index (χ1) is 11.6. The molecule has 0 radical (unpaired) electrons. The van der Waals surface area contributed by atoms with Crippen molar-refractivity contribution in [1.29, 1.82) is 0 Å². The van der Waals surface area contributed by atoms with E-state index in [9.17, 15) is 9.59 Å². The van der Waals surface area contributed by atoms with Crippen LogP contribution in [0.2, 0.25) is 0 Å². The highest BCUT2D eigenvalue weighted by Gasteiger charge is 2.18. The van der Waals surface area contributed by atoms with Gasteiger partial charge >= 0.3 is 0 Å². The molecule has 24 heavy (non-hydrogen) atoms. The van der Waals surface area contributed by atoms with E-state index in [0.29, 0.717) is 12.1 Å². The smallest absolute Gasteiger partial charge is 0.267 e. The summed E-state index contributed by atoms with van der Waals surface area (Å²) in [4.78, 5) is 23.4. The van der Waals surface area contributed by atoms with Crippen molar-refractivity contribution < 1.29 is 14.8 Å². The molecule has 0 fully saturated rings. The highest BCUT2D eigenvalue weighted by Crippen LogP contribution is 2.21. The number of nitrogens with one attached hydrogen (secondary N) is 2. The van der Waals surface area contributed by atoms with Crippen LogP contribution in [0.3, 0.4) is 0 Å². The third-order valence-electron chi connectivity index (χ3n) is 3.64. The Balaban J connectivity index is 2.03. The summed E-state index contributed by atoms with van der Waals surface area (Å²) in [6.07, 6.45) is 3.50. The van der Waals surface area contributed by atoms with E-state index >= 15 is 0 Å². The summed E-state index contributed by atoms with van der Waals surface area (Å²) in [6, 6.07) is 16.8. The van der Waals surface area contributed by atoms with Crippen molar-refractivity contribution in [2.24, 2.45) is 0 Å². The summed E-state index contributed by atoms with van der Waals surface area (Å²) in [5, 5.41) is 11.3. The fourth-order valence-corrected chi connectivity index (χ4v) is 2.37. The van der Waals surface area contributed by atoms with Crippen molar-refractivity contribution in [1.82, 2.24) is 5.48 Å². The van der Waals surface area contributed by atoms with E-state index in [0.717, 1.165) is 11.1 Å². The van der Waals surface area contributed by atoms with Gasteiger partial charge in [-0.15, -0.1) is 0 Å². The maximum absolute atomic E-state index is 12.5. The number of rotatable bonds is 6. The second-order valence-electron chi connectivity index (χ2n) is 5.29. The molecule has 0 bridgehead atoms. The zero-order valence-electron chi connectivity index (χ0n) is 13.4. The molecule has 2 rings (SSSR count). The maximum atomic E-state index is 12.5. The van der Waals surface area contributed by atoms with Crippen molar-refractivity contribution in [3.05, 3.63) is 71.8 Å². The van der Waals surface area contributed by atoms with Crippen LogP contribution in [-0.4, -0.2) is 17.0 Å². The molecule has 3 N–H and O–H groups in total. The van der Waals surface area contributed by atoms with Crippen LogP contribution in [0, 0.1) is 0 Å². The molecule has 0 aliphatic carbocycles. The van der Waals surface area contributed by atoms with Crippen LogP contribution >= 0.6 is 0 Å². The van der Waals surface area contributed by atoms with Crippen molar-refractivity contribution in [2.75, 3.05) is 5.32 Å². The van der Waals surface area contributed by atoms with Gasteiger partial charge in [0.2, 0.25) is 5.91 Å². The monoisotopic (exact) mass is 324 g/mol. The summed E-state index contributed by atoms with van der Waals surface area (Å²) in [5.41, 5.74) is 3.99. The molecule has 2 aromatic rings. The number of anilines is 1. The Bertz CT molecular complexity index is 709. The van der Waals surface area contributed by atoms with Crippen molar-refractivity contribution in [3.8, 4) is 0 Å². The van der Waals surface area contributed by atoms with Gasteiger partial charge in [0.1, 0.15) is 0 Å². The second-order valence-corrected chi connectivity index (χ2v) is 5.29. The van der Waals surface area contributed by atoms with Crippen molar-refractivity contribution in [2.45, 2.75) is 19.3 Å². The van der Waals surface area contributed by atoms with E-state index < -0.39 is 5.91 Å². The van der Waals surface area contributed by atoms with Crippen LogP contribution in [0.4, 0.5) is 5.69 Å². The van der Waals surface area contributed by atoms with E-state index in [1.165, 1.54) is 11.6 Å². The molecule has 5 heteroatoms. The Morgan fingerprint density at radius 2 is 1.75 bits per heavy atom. The molecule has 124 valence electrons. The fourth-order valence-electron chi connectivity index (χ4n) is 2.37. The topological polar surface area (TPSA) is 78.4 Å². The van der Waals surface area contributed by atoms with Gasteiger partial charge in [0, 0.05) is 11.8 Å². The van der Waals surface area contributed by atoms with E-state index in [1.54, 1.807) is 30.3 Å². The molecule has 2 aromatic carbocycles. The average molecular weight is 324 g/mol. The first kappa shape index (κ1) is 17.4. The number of carbonyl (C=O) groups excluding carboxylic acids is 2. The number of amides is 2. The first-order valence-electron chi connectivity index (χ1n) is 7.72. The van der Waals surface area contributed by atoms with Crippen LogP contribution in [0.1, 0.15) is 30.4 Å². The van der Waals surface area contributed by atoms with Crippen molar-refractivity contribution in [3.63, 3.8) is 0 Å². The average Bonchev–Trinajstić information content (AvgIpc) is 2.62. The maximum Gasteiger partial charge on any atom is 0.267 e. The van der Waals surface area contributed by atoms with E-state index in [2.05, 4.69) is 5.32 Å². The molecule has 1 unspecified atom stereocenters. The number of hydrogen-bond donors (Lipinski definition) is 3. The van der Waals surface area contributed by atoms with Gasteiger partial charge in [0.05, 0.1) is 5.92 Å². The molecule has 0 aliphatic heterocycles. The molecule has 5 nitrogen and oxygen atoms in total. The Labute approximate surface area is 141 Å². The van der Waals surface area contributed by atoms with Gasteiger partial charge < -0.3 is 5.32 Å². The summed E-state index contributed by atoms with van der Waals surface area (Å²) in [6.45, 7) is 1.98. The molecule has 0 saturated carbocycles. The lowest BCUT2D eigenvalue weighted by molar-refractivity contribution is -0.124. The van der Waals surface area contributed by atoms with Crippen LogP contribution in [0.25, 0.3) is 6.08 Å². The number of hydrogen-bond acceptors (Lipinski definition) is 3. The Morgan fingerprint density at radius 3 is 2.33 bits per heavy atom. The Hall–Kier alpha value is -2.92. The number of benzene rings is 2. The minimum atomic E-state index is -0.596. The molecule has 2 amide bonds. The molecule has 0 aliphatic rings. The van der Waals surface area contributed by atoms with E-state index in [1.807, 2.05) is 37.3 Å². The summed E-state index contributed by atoms with van der Waals surface area (Å²) >= 11 is 0. The predicted octanol–water partition coefficient (Wildman–Crippen LogP) is 3.34. The van der Waals surface area contributed by atoms with Gasteiger partial charge in [-0.1, -0.05) is 49.4 Å². The van der Waals surface area contributed by atoms with Gasteiger partial charge in [-0.2, -0.15) is 0 Å². The van der Waals surface area contributed by atoms with Gasteiger partial charge in [-0.05, 0) is 35.8 Å². The predicted molar refractivity (Wildman–Crippen MR) is 93.5 cm³/mol. The van der Waals surface area contributed by atoms with Crippen molar-refractivity contribution >= 4 is 23.6 Å². The summed E-state index contributed by atoms with van der Waals surface area (Å²) in [5.74, 6) is -0.841. The lowest BCUT2D eigenvalue weighted by Gasteiger charge is -2.15. The highest BCUT2D eigenvalue weighted by molar-refractivity contribution is 5.96. The number of hydroxylamine groups is 1. The van der Waals surface area contributed by atoms with Crippen LogP contribution < -0.4 is 10.8 Å². The molecule has 1 atom stereocenters. The molecule has 0 aromatic heterocycles. The largest absolute Gasteiger partial charge is 0.326 e. The quantitative estimate of drug-likeness (QED) is 0.433. The van der Waals surface area contributed by atoms with E-state index in [4.69, 9.17) is 5.21 Å². The molecular weight excluding hydrogens is 304 g/mol. The normalized spacial score (nSPS) is 11.9. The molecule has 0 saturated heterocycles. The minimum Gasteiger partial charge on any atom is -0.326 e. The van der Waals surface area contributed by atoms with Crippen LogP contribution in [0.15, 0.2) is 60.7 Å². The first-order valence-corrected chi connectivity index (χ1v) is 7.72. The highest BCUT2D eigenvalue weighted by atomic mass is 16.5. The third kappa shape index (κ3) is 4.79. The SMILES string of the molecule is CCC(C(=O)Nc1ccc(/C=C/C(=O)NO)cc1)c1ccccc1. The lowest BCUT2D eigenvalue weighted by Crippen LogP contribution is -2.20. The van der Waals surface area contributed by atoms with Gasteiger partial charge in [-0.3, -0.25) is 14.8 Å². The van der Waals surface area contributed by atoms with Gasteiger partial charge in [0.25, 0.3) is 5.91 Å². The Kier molecular flexibility index (Phi) is 6.28. The standard InChI is InChI=1S/C19H20N2O3/c1-2-17(15-6-4-3-5-7-15)19(23)20-16-11-8-14(9-12-16)10-13-18(22)21-24/h3-13,17,24H,2H2,1H3,(H,20,23)(H,21,22)/b13-10+. The molecular formula is C19H20N2O3. The van der Waals surface area contributed by atoms with Gasteiger partial charge in [-0.25, -0.2) is 5.48 Å². The summed E-state index contributed by atoms with van der Waals surface area (Å²) in [7, 11) is 0. The van der Waals surface area contributed by atoms with E-state index in [-0.39, 0.29) is 11.8 Å². The van der Waals surface area contributed by atoms with Crippen LogP contribution in [-0.2, 0) is 9.59 Å². The number of carbonyl (C=O) groups is 2. The zero-order chi connectivity index (χ0) is 17.4. The third-order valence-corrected chi connectivity index (χ3v) is 3.64. The fraction of sp³-hybridized carbons (Fsp3) is 0.158. The second kappa shape index (κ2) is 8.64. The summed E-state index contributed by atoms with van der Waals surface area (Å²) < 4.78 is 0. The minimum absolute atomic E-state index is 0.0494. The molecule has 0 heterocycles. The molecule has 0 spiro atoms.